The van der Waals surface area contributed by atoms with E-state index in [9.17, 15) is 44.4 Å². The van der Waals surface area contributed by atoms with E-state index in [1.54, 1.807) is 0 Å². The van der Waals surface area contributed by atoms with Crippen molar-refractivity contribution in [3.05, 3.63) is 0 Å². The SMILES string of the molecule is O.O=C([O-])CC(CC(=O)[O-])(OC(=O)C(O)C(O)C(=O)[O-])C(=O)[O-].[K+].[K+].[K+].[K+]. The number of carboxylic acids is 4. The average molecular weight is 495 g/mol. The first kappa shape index (κ1) is 44.5. The number of carboxylic acid groups (broad SMARTS) is 4. The molecule has 0 saturated carbocycles. The quantitative estimate of drug-likeness (QED) is 0.223. The third-order valence-corrected chi connectivity index (χ3v) is 2.31. The Labute approximate surface area is 322 Å². The van der Waals surface area contributed by atoms with Gasteiger partial charge < -0.3 is 60.0 Å². The smallest absolute Gasteiger partial charge is 0.550 e. The second-order valence-electron chi connectivity index (χ2n) is 4.01. The van der Waals surface area contributed by atoms with Crippen LogP contribution < -0.4 is 226 Å². The first-order chi connectivity index (χ1) is 9.92. The largest absolute Gasteiger partial charge is 1.00 e. The summed E-state index contributed by atoms with van der Waals surface area (Å²) in [6.07, 6.45) is -9.09. The van der Waals surface area contributed by atoms with E-state index < -0.39 is 60.5 Å². The molecule has 0 rings (SSSR count). The van der Waals surface area contributed by atoms with Crippen molar-refractivity contribution < 1.29 is 270 Å². The van der Waals surface area contributed by atoms with E-state index in [2.05, 4.69) is 4.74 Å². The van der Waals surface area contributed by atoms with E-state index in [4.69, 9.17) is 10.2 Å². The van der Waals surface area contributed by atoms with E-state index in [-0.39, 0.29) is 211 Å². The van der Waals surface area contributed by atoms with Gasteiger partial charge in [-0.25, -0.2) is 4.79 Å². The summed E-state index contributed by atoms with van der Waals surface area (Å²) in [4.78, 5) is 53.4. The molecule has 2 unspecified atom stereocenters. The van der Waals surface area contributed by atoms with Crippen molar-refractivity contribution in [2.75, 3.05) is 0 Å². The number of aliphatic carboxylic acids is 4. The average Bonchev–Trinajstić information content (AvgIpc) is 2.34. The predicted octanol–water partition coefficient (Wildman–Crippen LogP) is -21.0. The minimum atomic E-state index is -3.33. The van der Waals surface area contributed by atoms with Crippen molar-refractivity contribution in [1.29, 1.82) is 0 Å². The van der Waals surface area contributed by atoms with Gasteiger partial charge in [-0.15, -0.1) is 0 Å². The van der Waals surface area contributed by atoms with Gasteiger partial charge in [0.25, 0.3) is 0 Å². The molecule has 0 aliphatic carbocycles. The topological polar surface area (TPSA) is 259 Å². The molecule has 0 aromatic carbocycles. The van der Waals surface area contributed by atoms with Crippen LogP contribution >= 0.6 is 0 Å². The number of carbonyl (C=O) groups excluding carboxylic acids is 5. The Morgan fingerprint density at radius 1 is 0.778 bits per heavy atom. The fourth-order valence-corrected chi connectivity index (χ4v) is 1.30. The van der Waals surface area contributed by atoms with Crippen LogP contribution in [0.2, 0.25) is 0 Å². The summed E-state index contributed by atoms with van der Waals surface area (Å²) in [5, 5.41) is 60.0. The molecule has 0 spiro atoms. The minimum absolute atomic E-state index is 0. The molecule has 0 bridgehead atoms. The second-order valence-corrected chi connectivity index (χ2v) is 4.01. The molecule has 27 heavy (non-hydrogen) atoms. The van der Waals surface area contributed by atoms with Crippen LogP contribution in [0.15, 0.2) is 0 Å². The summed E-state index contributed by atoms with van der Waals surface area (Å²) >= 11 is 0. The maximum absolute atomic E-state index is 11.3. The summed E-state index contributed by atoms with van der Waals surface area (Å²) in [5.74, 6) is -11.3. The van der Waals surface area contributed by atoms with Crippen LogP contribution in [0, 0.1) is 0 Å². The fourth-order valence-electron chi connectivity index (χ4n) is 1.30. The fraction of sp³-hybridized carbons (Fsp3) is 0.500. The summed E-state index contributed by atoms with van der Waals surface area (Å²) in [6.45, 7) is 0. The summed E-state index contributed by atoms with van der Waals surface area (Å²) in [5.41, 5.74) is -3.33. The van der Waals surface area contributed by atoms with Crippen LogP contribution in [0.3, 0.4) is 0 Å². The zero-order chi connectivity index (χ0) is 17.7. The second kappa shape index (κ2) is 21.6. The number of aliphatic hydroxyl groups excluding tert-OH is 2. The number of hydrogen-bond acceptors (Lipinski definition) is 12. The van der Waals surface area contributed by atoms with Crippen molar-refractivity contribution in [1.82, 2.24) is 0 Å². The Hall–Kier alpha value is 3.78. The van der Waals surface area contributed by atoms with Crippen molar-refractivity contribution in [2.24, 2.45) is 0 Å². The first-order valence-electron chi connectivity index (χ1n) is 5.34. The molecule has 0 aliphatic heterocycles. The standard InChI is InChI=1S/C10H12O12.4K.H2O/c11-3(12)1-10(9(20)21,2-4(13)14)22-8(19)6(16)5(15)7(17)18;;;;;/h5-6,15-16H,1-2H2,(H,11,12)(H,13,14)(H,17,18)(H,20,21);;;;;1H2/q;4*+1;/p-4. The zero-order valence-electron chi connectivity index (χ0n) is 15.0. The third-order valence-electron chi connectivity index (χ3n) is 2.31. The van der Waals surface area contributed by atoms with Crippen LogP contribution in [0.5, 0.6) is 0 Å². The van der Waals surface area contributed by atoms with Crippen LogP contribution in [-0.4, -0.2) is 63.3 Å². The van der Waals surface area contributed by atoms with Crippen molar-refractivity contribution >= 4 is 29.8 Å². The molecular weight excluding hydrogens is 484 g/mol. The maximum Gasteiger partial charge on any atom is 1.00 e. The van der Waals surface area contributed by atoms with Gasteiger partial charge in [0.2, 0.25) is 0 Å². The summed E-state index contributed by atoms with van der Waals surface area (Å²) < 4.78 is 4.01. The van der Waals surface area contributed by atoms with Gasteiger partial charge in [-0.3, -0.25) is 0 Å². The summed E-state index contributed by atoms with van der Waals surface area (Å²) in [6, 6.07) is 0. The number of aliphatic hydroxyl groups is 2. The summed E-state index contributed by atoms with van der Waals surface area (Å²) in [7, 11) is 0. The Morgan fingerprint density at radius 2 is 1.11 bits per heavy atom. The number of esters is 1. The molecule has 13 nitrogen and oxygen atoms in total. The molecule has 0 amide bonds. The Balaban J connectivity index is -0.000000220. The van der Waals surface area contributed by atoms with E-state index in [0.29, 0.717) is 0 Å². The monoisotopic (exact) mass is 494 g/mol. The Morgan fingerprint density at radius 3 is 1.33 bits per heavy atom. The maximum atomic E-state index is 11.3. The van der Waals surface area contributed by atoms with E-state index in [1.165, 1.54) is 0 Å². The van der Waals surface area contributed by atoms with Gasteiger partial charge in [-0.05, 0) is 0 Å². The van der Waals surface area contributed by atoms with E-state index >= 15 is 0 Å². The third kappa shape index (κ3) is 17.0. The van der Waals surface area contributed by atoms with E-state index in [0.717, 1.165) is 0 Å². The molecule has 0 aromatic rings. The molecule has 0 aliphatic rings. The van der Waals surface area contributed by atoms with E-state index in [1.807, 2.05) is 0 Å². The number of hydrogen-bond donors (Lipinski definition) is 2. The molecule has 4 N–H and O–H groups in total. The van der Waals surface area contributed by atoms with Crippen molar-refractivity contribution in [3.63, 3.8) is 0 Å². The van der Waals surface area contributed by atoms with Crippen LogP contribution in [0.1, 0.15) is 12.8 Å². The molecule has 0 heterocycles. The van der Waals surface area contributed by atoms with Gasteiger partial charge in [0.15, 0.2) is 11.7 Å². The van der Waals surface area contributed by atoms with Crippen LogP contribution in [0.25, 0.3) is 0 Å². The molecule has 0 fully saturated rings. The van der Waals surface area contributed by atoms with Crippen LogP contribution in [-0.2, 0) is 28.7 Å². The normalized spacial score (nSPS) is 11.2. The number of rotatable bonds is 9. The minimum Gasteiger partial charge on any atom is -0.550 e. The molecule has 0 radical (unpaired) electrons. The number of carbonyl (C=O) groups is 5. The molecule has 17 heteroatoms. The van der Waals surface area contributed by atoms with Gasteiger partial charge in [0.05, 0.1) is 11.9 Å². The first-order valence-corrected chi connectivity index (χ1v) is 5.34. The molecule has 2 atom stereocenters. The predicted molar refractivity (Wildman–Crippen MR) is 53.7 cm³/mol. The Bertz CT molecular complexity index is 495. The van der Waals surface area contributed by atoms with Gasteiger partial charge in [0, 0.05) is 24.8 Å². The molecule has 0 saturated heterocycles. The number of ether oxygens (including phenoxy) is 1. The van der Waals surface area contributed by atoms with Gasteiger partial charge >= 0.3 is 212 Å². The van der Waals surface area contributed by atoms with Gasteiger partial charge in [-0.2, -0.15) is 0 Å². The van der Waals surface area contributed by atoms with Crippen molar-refractivity contribution in [2.45, 2.75) is 30.7 Å². The molecule has 132 valence electrons. The van der Waals surface area contributed by atoms with Crippen molar-refractivity contribution in [3.8, 4) is 0 Å². The molecular formula is C10H10K4O13. The van der Waals surface area contributed by atoms with Gasteiger partial charge in [-0.1, -0.05) is 0 Å². The van der Waals surface area contributed by atoms with Crippen LogP contribution in [0.4, 0.5) is 0 Å². The molecule has 0 aromatic heterocycles. The zero-order valence-corrected chi connectivity index (χ0v) is 27.5. The van der Waals surface area contributed by atoms with Gasteiger partial charge in [0.1, 0.15) is 6.10 Å². The Kier molecular flexibility index (Phi) is 35.6.